The topological polar surface area (TPSA) is 55.4 Å². The predicted octanol–water partition coefficient (Wildman–Crippen LogP) is 3.96. The number of carbonyl (C=O) groups is 2. The molecule has 4 nitrogen and oxygen atoms in total. The summed E-state index contributed by atoms with van der Waals surface area (Å²) in [6, 6.07) is 17.8. The number of hydrogen-bond acceptors (Lipinski definition) is 4. The van der Waals surface area contributed by atoms with Crippen molar-refractivity contribution in [2.45, 2.75) is 18.5 Å². The summed E-state index contributed by atoms with van der Waals surface area (Å²) >= 11 is -0.246. The quantitative estimate of drug-likeness (QED) is 0.635. The van der Waals surface area contributed by atoms with Crippen LogP contribution in [0, 0.1) is 5.92 Å². The second-order valence-electron chi connectivity index (χ2n) is 6.01. The number of amides is 1. The summed E-state index contributed by atoms with van der Waals surface area (Å²) in [6.45, 7) is -0.333. The Hall–Kier alpha value is -2.48. The summed E-state index contributed by atoms with van der Waals surface area (Å²) < 4.78 is 42.7. The van der Waals surface area contributed by atoms with Gasteiger partial charge in [-0.15, -0.1) is 0 Å². The molecule has 2 aromatic rings. The third-order valence-electron chi connectivity index (χ3n) is 3.79. The van der Waals surface area contributed by atoms with Gasteiger partial charge in [0, 0.05) is 5.75 Å². The van der Waals surface area contributed by atoms with Gasteiger partial charge >= 0.3 is 11.5 Å². The molecule has 0 aromatic heterocycles. The van der Waals surface area contributed by atoms with Crippen LogP contribution in [0.4, 0.5) is 13.2 Å². The van der Waals surface area contributed by atoms with E-state index in [0.29, 0.717) is 0 Å². The van der Waals surface area contributed by atoms with Crippen LogP contribution in [0.15, 0.2) is 60.7 Å². The molecule has 1 amide bonds. The van der Waals surface area contributed by atoms with Crippen LogP contribution < -0.4 is 5.32 Å². The number of alkyl halides is 3. The molecule has 150 valence electrons. The van der Waals surface area contributed by atoms with E-state index in [9.17, 15) is 22.8 Å². The highest BCUT2D eigenvalue weighted by Crippen LogP contribution is 2.32. The fourth-order valence-corrected chi connectivity index (χ4v) is 3.07. The number of thioether (sulfide) groups is 1. The lowest BCUT2D eigenvalue weighted by molar-refractivity contribution is -0.145. The van der Waals surface area contributed by atoms with Gasteiger partial charge in [0.2, 0.25) is 5.91 Å². The van der Waals surface area contributed by atoms with Crippen molar-refractivity contribution >= 4 is 23.6 Å². The zero-order valence-electron chi connectivity index (χ0n) is 14.9. The summed E-state index contributed by atoms with van der Waals surface area (Å²) in [5.74, 6) is -2.61. The second-order valence-corrected chi connectivity index (χ2v) is 7.09. The van der Waals surface area contributed by atoms with E-state index in [1.54, 1.807) is 54.6 Å². The van der Waals surface area contributed by atoms with Crippen molar-refractivity contribution < 1.29 is 27.5 Å². The molecule has 1 unspecified atom stereocenters. The van der Waals surface area contributed by atoms with Crippen molar-refractivity contribution in [3.63, 3.8) is 0 Å². The lowest BCUT2D eigenvalue weighted by Gasteiger charge is -2.17. The van der Waals surface area contributed by atoms with E-state index in [0.717, 1.165) is 11.1 Å². The number of carbonyl (C=O) groups excluding carboxylic acids is 2. The number of rotatable bonds is 9. The number of hydrogen-bond donors (Lipinski definition) is 1. The van der Waals surface area contributed by atoms with E-state index in [4.69, 9.17) is 4.74 Å². The first-order valence-corrected chi connectivity index (χ1v) is 9.54. The van der Waals surface area contributed by atoms with Crippen LogP contribution in [0.25, 0.3) is 0 Å². The minimum atomic E-state index is -4.43. The Morgan fingerprint density at radius 1 is 0.964 bits per heavy atom. The SMILES string of the molecule is O=C(CNC(=O)C(CSC(F)(F)F)Cc1ccccc1)OCc1ccccc1. The van der Waals surface area contributed by atoms with Gasteiger partial charge in [-0.1, -0.05) is 72.4 Å². The summed E-state index contributed by atoms with van der Waals surface area (Å²) in [6.07, 6.45) is 0.148. The van der Waals surface area contributed by atoms with Crippen LogP contribution >= 0.6 is 11.8 Å². The molecular weight excluding hydrogens is 391 g/mol. The highest BCUT2D eigenvalue weighted by atomic mass is 32.2. The molecule has 0 bridgehead atoms. The van der Waals surface area contributed by atoms with E-state index in [1.807, 2.05) is 6.07 Å². The van der Waals surface area contributed by atoms with Gasteiger partial charge in [0.1, 0.15) is 13.2 Å². The van der Waals surface area contributed by atoms with Gasteiger partial charge in [-0.2, -0.15) is 13.2 Å². The molecule has 0 aliphatic carbocycles. The minimum absolute atomic E-state index is 0.0624. The molecular formula is C20H20F3NO3S. The van der Waals surface area contributed by atoms with Crippen molar-refractivity contribution in [2.75, 3.05) is 12.3 Å². The zero-order valence-corrected chi connectivity index (χ0v) is 15.8. The molecule has 0 radical (unpaired) electrons. The molecule has 0 saturated heterocycles. The highest BCUT2D eigenvalue weighted by Gasteiger charge is 2.31. The normalized spacial score (nSPS) is 12.2. The number of nitrogens with one attached hydrogen (secondary N) is 1. The van der Waals surface area contributed by atoms with Crippen molar-refractivity contribution in [1.29, 1.82) is 0 Å². The van der Waals surface area contributed by atoms with Crippen LogP contribution in [-0.4, -0.2) is 29.7 Å². The Morgan fingerprint density at radius 3 is 2.11 bits per heavy atom. The highest BCUT2D eigenvalue weighted by molar-refractivity contribution is 8.00. The average molecular weight is 411 g/mol. The molecule has 0 spiro atoms. The Labute approximate surface area is 165 Å². The van der Waals surface area contributed by atoms with Crippen molar-refractivity contribution in [3.8, 4) is 0 Å². The summed E-state index contributed by atoms with van der Waals surface area (Å²) in [4.78, 5) is 24.1. The monoisotopic (exact) mass is 411 g/mol. The fourth-order valence-electron chi connectivity index (χ4n) is 2.41. The summed E-state index contributed by atoms with van der Waals surface area (Å²) in [7, 11) is 0. The molecule has 0 aliphatic rings. The summed E-state index contributed by atoms with van der Waals surface area (Å²) in [5.41, 5.74) is -2.88. The lowest BCUT2D eigenvalue weighted by Crippen LogP contribution is -2.37. The number of ether oxygens (including phenoxy) is 1. The Kier molecular flexibility index (Phi) is 8.38. The zero-order chi connectivity index (χ0) is 20.4. The van der Waals surface area contributed by atoms with E-state index in [-0.39, 0.29) is 24.8 Å². The predicted molar refractivity (Wildman–Crippen MR) is 101 cm³/mol. The van der Waals surface area contributed by atoms with Gasteiger partial charge in [-0.3, -0.25) is 9.59 Å². The maximum atomic E-state index is 12.6. The van der Waals surface area contributed by atoms with Crippen molar-refractivity contribution in [2.24, 2.45) is 5.92 Å². The maximum Gasteiger partial charge on any atom is 0.441 e. The Balaban J connectivity index is 1.86. The maximum absolute atomic E-state index is 12.6. The average Bonchev–Trinajstić information content (AvgIpc) is 2.68. The first kappa shape index (κ1) is 21.8. The smallest absolute Gasteiger partial charge is 0.441 e. The molecule has 0 aliphatic heterocycles. The van der Waals surface area contributed by atoms with Crippen molar-refractivity contribution in [1.82, 2.24) is 5.32 Å². The molecule has 2 rings (SSSR count). The van der Waals surface area contributed by atoms with Gasteiger partial charge < -0.3 is 10.1 Å². The van der Waals surface area contributed by atoms with E-state index >= 15 is 0 Å². The standard InChI is InChI=1S/C20H20F3NO3S/c21-20(22,23)28-14-17(11-15-7-3-1-4-8-15)19(26)24-12-18(25)27-13-16-9-5-2-6-10-16/h1-10,17H,11-14H2,(H,24,26). The molecule has 1 atom stereocenters. The van der Waals surface area contributed by atoms with Gasteiger partial charge in [-0.25, -0.2) is 0 Å². The van der Waals surface area contributed by atoms with Gasteiger partial charge in [0.05, 0.1) is 5.92 Å². The molecule has 28 heavy (non-hydrogen) atoms. The third kappa shape index (κ3) is 8.47. The lowest BCUT2D eigenvalue weighted by atomic mass is 10.0. The number of esters is 1. The molecule has 0 saturated carbocycles. The second kappa shape index (κ2) is 10.8. The van der Waals surface area contributed by atoms with Crippen LogP contribution in [0.5, 0.6) is 0 Å². The van der Waals surface area contributed by atoms with E-state index in [1.165, 1.54) is 0 Å². The molecule has 1 N–H and O–H groups in total. The van der Waals surface area contributed by atoms with Gasteiger partial charge in [0.25, 0.3) is 0 Å². The van der Waals surface area contributed by atoms with Crippen molar-refractivity contribution in [3.05, 3.63) is 71.8 Å². The minimum Gasteiger partial charge on any atom is -0.460 e. The number of halogens is 3. The summed E-state index contributed by atoms with van der Waals surface area (Å²) in [5, 5.41) is 2.38. The Morgan fingerprint density at radius 2 is 1.54 bits per heavy atom. The van der Waals surface area contributed by atoms with Crippen LogP contribution in [-0.2, 0) is 27.4 Å². The molecule has 2 aromatic carbocycles. The fraction of sp³-hybridized carbons (Fsp3) is 0.300. The first-order valence-electron chi connectivity index (χ1n) is 8.55. The van der Waals surface area contributed by atoms with Crippen LogP contribution in [0.1, 0.15) is 11.1 Å². The largest absolute Gasteiger partial charge is 0.460 e. The van der Waals surface area contributed by atoms with Crippen LogP contribution in [0.3, 0.4) is 0 Å². The molecule has 0 fully saturated rings. The third-order valence-corrected chi connectivity index (χ3v) is 4.69. The molecule has 8 heteroatoms. The van der Waals surface area contributed by atoms with E-state index in [2.05, 4.69) is 5.32 Å². The van der Waals surface area contributed by atoms with Crippen LogP contribution in [0.2, 0.25) is 0 Å². The van der Waals surface area contributed by atoms with E-state index < -0.39 is 35.6 Å². The molecule has 0 heterocycles. The number of benzene rings is 2. The first-order chi connectivity index (χ1) is 13.3. The van der Waals surface area contributed by atoms with Gasteiger partial charge in [-0.05, 0) is 17.5 Å². The Bertz CT molecular complexity index is 754. The van der Waals surface area contributed by atoms with Gasteiger partial charge in [0.15, 0.2) is 0 Å².